The minimum Gasteiger partial charge on any atom is -1.00 e. The van der Waals surface area contributed by atoms with Crippen LogP contribution in [-0.4, -0.2) is 3.81 Å². The van der Waals surface area contributed by atoms with Crippen molar-refractivity contribution in [3.8, 4) is 0 Å². The summed E-state index contributed by atoms with van der Waals surface area (Å²) in [7, 11) is 0. The summed E-state index contributed by atoms with van der Waals surface area (Å²) in [6, 6.07) is 13.2. The summed E-state index contributed by atoms with van der Waals surface area (Å²) in [6.45, 7) is 21.9. The van der Waals surface area contributed by atoms with Crippen LogP contribution in [0.4, 0.5) is 0 Å². The second-order valence-corrected chi connectivity index (χ2v) is 10.4. The van der Waals surface area contributed by atoms with Crippen molar-refractivity contribution >= 4 is 3.81 Å². The van der Waals surface area contributed by atoms with Crippen molar-refractivity contribution in [1.29, 1.82) is 0 Å². The topological polar surface area (TPSA) is 0 Å². The van der Waals surface area contributed by atoms with Crippen LogP contribution in [0, 0.1) is 13.8 Å². The maximum atomic E-state index is 2.25. The van der Waals surface area contributed by atoms with Crippen molar-refractivity contribution in [2.45, 2.75) is 80.1 Å². The van der Waals surface area contributed by atoms with Gasteiger partial charge in [-0.05, 0) is 0 Å². The smallest absolute Gasteiger partial charge is 0.0635 e. The number of rotatable bonds is 0. The maximum Gasteiger partial charge on any atom is -0.0635 e. The molecule has 3 heteroatoms. The van der Waals surface area contributed by atoms with E-state index in [2.05, 4.69) is 126 Å². The fourth-order valence-corrected chi connectivity index (χ4v) is 2.06. The predicted octanol–water partition coefficient (Wildman–Crippen LogP) is 0.776. The average molecular weight is 431 g/mol. The van der Waals surface area contributed by atoms with Crippen molar-refractivity contribution in [2.24, 2.45) is 0 Å². The van der Waals surface area contributed by atoms with E-state index in [-0.39, 0.29) is 24.8 Å². The van der Waals surface area contributed by atoms with E-state index < -0.39 is 0 Å². The zero-order valence-corrected chi connectivity index (χ0v) is 21.3. The summed E-state index contributed by atoms with van der Waals surface area (Å²) < 4.78 is 1.42. The van der Waals surface area contributed by atoms with Crippen molar-refractivity contribution < 1.29 is 44.8 Å². The van der Waals surface area contributed by atoms with Crippen molar-refractivity contribution in [3.63, 3.8) is 0 Å². The van der Waals surface area contributed by atoms with Gasteiger partial charge in [0.05, 0.1) is 0 Å². The van der Waals surface area contributed by atoms with Gasteiger partial charge in [-0.25, -0.2) is 12.1 Å². The summed E-state index contributed by atoms with van der Waals surface area (Å²) in [5, 5.41) is 0. The first-order valence-electron chi connectivity index (χ1n) is 8.73. The Hall–Kier alpha value is -0.136. The van der Waals surface area contributed by atoms with Gasteiger partial charge in [-0.1, -0.05) is 66.2 Å². The Bertz CT molecular complexity index is 565. The summed E-state index contributed by atoms with van der Waals surface area (Å²) in [6.07, 6.45) is 0. The molecule has 0 saturated heterocycles. The van der Waals surface area contributed by atoms with Crippen LogP contribution in [0.25, 0.3) is 0 Å². The molecule has 0 nitrogen and oxygen atoms in total. The van der Waals surface area contributed by atoms with Crippen LogP contribution in [-0.2, 0) is 30.8 Å². The van der Waals surface area contributed by atoms with E-state index in [0.717, 1.165) is 0 Å². The summed E-state index contributed by atoms with van der Waals surface area (Å²) in [5.41, 5.74) is 6.23. The molecule has 0 aliphatic rings. The molecule has 0 unspecified atom stereocenters. The molecule has 0 atom stereocenters. The molecule has 0 spiro atoms. The second-order valence-electron chi connectivity index (χ2n) is 8.85. The SMILES string of the molecule is C[C](C)=[Ti+2].Cc1cc(C(C)(C)C)c[cH-]1.Cc1cc(C(C)(C)C)c[cH-]1.[Cl-].[Cl-]. The Morgan fingerprint density at radius 3 is 1.04 bits per heavy atom. The van der Waals surface area contributed by atoms with Crippen LogP contribution in [0.5, 0.6) is 0 Å². The van der Waals surface area contributed by atoms with E-state index >= 15 is 0 Å². The summed E-state index contributed by atoms with van der Waals surface area (Å²) >= 11 is 2.08. The molecule has 0 radical (unpaired) electrons. The molecule has 0 aliphatic heterocycles. The first kappa shape index (κ1) is 30.6. The molecule has 0 fully saturated rings. The Morgan fingerprint density at radius 2 is 0.962 bits per heavy atom. The Balaban J connectivity index is -0.000000319. The van der Waals surface area contributed by atoms with Crippen molar-refractivity contribution in [1.82, 2.24) is 0 Å². The average Bonchev–Trinajstić information content (AvgIpc) is 2.96. The molecule has 0 aromatic heterocycles. The van der Waals surface area contributed by atoms with Gasteiger partial charge in [-0.2, -0.15) is 46.5 Å². The van der Waals surface area contributed by atoms with E-state index in [1.54, 1.807) is 0 Å². The maximum absolute atomic E-state index is 2.25. The zero-order chi connectivity index (χ0) is 19.1. The quantitative estimate of drug-likeness (QED) is 0.427. The van der Waals surface area contributed by atoms with Crippen LogP contribution in [0.1, 0.15) is 77.6 Å². The van der Waals surface area contributed by atoms with Gasteiger partial charge in [-0.15, -0.1) is 0 Å². The van der Waals surface area contributed by atoms with Gasteiger partial charge in [0.25, 0.3) is 0 Å². The van der Waals surface area contributed by atoms with Crippen LogP contribution in [0.15, 0.2) is 36.4 Å². The van der Waals surface area contributed by atoms with E-state index in [9.17, 15) is 0 Å². The molecule has 0 aliphatic carbocycles. The molecule has 0 bridgehead atoms. The molecule has 0 saturated carbocycles. The van der Waals surface area contributed by atoms with Crippen molar-refractivity contribution in [3.05, 3.63) is 58.7 Å². The standard InChI is InChI=1S/2C10H15.C3H6.2ClH.Ti/c2*1-8-5-6-9(7-8)10(2,3)4;1-3-2;;;/h2*5-7H,1-4H3;1-2H3;2*1H;/q2*-1;;;;+2/p-2. The minimum absolute atomic E-state index is 0. The van der Waals surface area contributed by atoms with E-state index in [1.165, 1.54) is 26.1 Å². The molecule has 0 N–H and O–H groups in total. The van der Waals surface area contributed by atoms with Crippen LogP contribution in [0.3, 0.4) is 0 Å². The molecule has 0 amide bonds. The monoisotopic (exact) mass is 430 g/mol. The Kier molecular flexibility index (Phi) is 15.4. The number of halogens is 2. The van der Waals surface area contributed by atoms with Crippen LogP contribution >= 0.6 is 0 Å². The molecule has 2 rings (SSSR count). The van der Waals surface area contributed by atoms with E-state index in [4.69, 9.17) is 0 Å². The first-order valence-corrected chi connectivity index (χ1v) is 9.51. The van der Waals surface area contributed by atoms with Crippen molar-refractivity contribution in [2.75, 3.05) is 0 Å². The van der Waals surface area contributed by atoms with Crippen LogP contribution in [0.2, 0.25) is 0 Å². The second kappa shape index (κ2) is 13.1. The minimum atomic E-state index is 0. The number of hydrogen-bond acceptors (Lipinski definition) is 0. The summed E-state index contributed by atoms with van der Waals surface area (Å²) in [5.74, 6) is 0. The molecule has 2 aromatic carbocycles. The molecule has 148 valence electrons. The zero-order valence-electron chi connectivity index (χ0n) is 18.2. The number of aryl methyl sites for hydroxylation is 2. The van der Waals surface area contributed by atoms with Gasteiger partial charge < -0.3 is 24.8 Å². The molecule has 26 heavy (non-hydrogen) atoms. The fraction of sp³-hybridized carbons (Fsp3) is 0.522. The van der Waals surface area contributed by atoms with Gasteiger partial charge in [0.1, 0.15) is 0 Å². The van der Waals surface area contributed by atoms with Gasteiger partial charge in [0.2, 0.25) is 0 Å². The third-order valence-corrected chi connectivity index (χ3v) is 3.55. The molecular formula is C23H36Cl2Ti-2. The van der Waals surface area contributed by atoms with Gasteiger partial charge >= 0.3 is 37.6 Å². The summed E-state index contributed by atoms with van der Waals surface area (Å²) in [4.78, 5) is 0. The predicted molar refractivity (Wildman–Crippen MR) is 107 cm³/mol. The normalized spacial score (nSPS) is 10.3. The van der Waals surface area contributed by atoms with E-state index in [1.807, 2.05) is 0 Å². The Labute approximate surface area is 186 Å². The largest absolute Gasteiger partial charge is 1.00 e. The van der Waals surface area contributed by atoms with Crippen LogP contribution < -0.4 is 24.8 Å². The fourth-order valence-electron chi connectivity index (χ4n) is 2.06. The van der Waals surface area contributed by atoms with Gasteiger partial charge in [0.15, 0.2) is 0 Å². The third kappa shape index (κ3) is 14.0. The Morgan fingerprint density at radius 1 is 0.731 bits per heavy atom. The first-order chi connectivity index (χ1) is 10.7. The number of hydrogen-bond donors (Lipinski definition) is 0. The third-order valence-electron chi connectivity index (χ3n) is 3.55. The van der Waals surface area contributed by atoms with E-state index in [0.29, 0.717) is 10.8 Å². The molecular weight excluding hydrogens is 395 g/mol. The molecule has 0 heterocycles. The molecule has 2 aromatic rings. The van der Waals surface area contributed by atoms with Gasteiger partial charge in [-0.3, -0.25) is 0 Å². The van der Waals surface area contributed by atoms with Gasteiger partial charge in [0, 0.05) is 0 Å².